The van der Waals surface area contributed by atoms with Gasteiger partial charge in [-0.3, -0.25) is 0 Å². The van der Waals surface area contributed by atoms with Crippen LogP contribution in [0.2, 0.25) is 0 Å². The molecule has 7 aromatic rings. The third-order valence-corrected chi connectivity index (χ3v) is 6.43. The molecule has 0 saturated carbocycles. The number of hydrogen-bond donors (Lipinski definition) is 0. The lowest BCUT2D eigenvalue weighted by Crippen LogP contribution is -2.01. The first-order chi connectivity index (χ1) is 16.3. The molecule has 154 valence electrons. The number of hydrogen-bond acceptors (Lipinski definition) is 3. The first-order valence-electron chi connectivity index (χ1n) is 11.1. The monoisotopic (exact) mass is 423 g/mol. The van der Waals surface area contributed by atoms with E-state index in [-0.39, 0.29) is 0 Å². The van der Waals surface area contributed by atoms with Gasteiger partial charge in [0.05, 0.1) is 0 Å². The molecule has 0 aliphatic rings. The Bertz CT molecular complexity index is 1790. The zero-order valence-corrected chi connectivity index (χ0v) is 18.0. The Hall–Kier alpha value is -4.31. The van der Waals surface area contributed by atoms with E-state index < -0.39 is 0 Å². The molecule has 0 aliphatic carbocycles. The highest BCUT2D eigenvalue weighted by atomic mass is 16.3. The molecular formula is C29H18BNO2. The van der Waals surface area contributed by atoms with Crippen LogP contribution in [-0.4, -0.2) is 12.8 Å². The number of aromatic nitrogens is 1. The largest absolute Gasteiger partial charge is 0.455 e. The van der Waals surface area contributed by atoms with Crippen molar-refractivity contribution < 1.29 is 8.83 Å². The third-order valence-electron chi connectivity index (χ3n) is 6.43. The van der Waals surface area contributed by atoms with Gasteiger partial charge in [-0.05, 0) is 40.6 Å². The molecule has 0 unspecified atom stereocenters. The molecule has 3 nitrogen and oxygen atoms in total. The quantitative estimate of drug-likeness (QED) is 0.299. The van der Waals surface area contributed by atoms with Gasteiger partial charge in [-0.1, -0.05) is 78.3 Å². The lowest BCUT2D eigenvalue weighted by atomic mass is 9.90. The fourth-order valence-electron chi connectivity index (χ4n) is 4.87. The minimum atomic E-state index is 0.611. The highest BCUT2D eigenvalue weighted by molar-refractivity contribution is 6.41. The molecule has 0 radical (unpaired) electrons. The minimum absolute atomic E-state index is 0.611. The first-order valence-corrected chi connectivity index (χ1v) is 11.1. The number of fused-ring (bicyclic) bond motifs is 5. The Morgan fingerprint density at radius 2 is 1.33 bits per heavy atom. The van der Waals surface area contributed by atoms with Crippen LogP contribution in [-0.2, 0) is 0 Å². The summed E-state index contributed by atoms with van der Waals surface area (Å²) in [6.45, 7) is 0. The molecule has 2 aromatic heterocycles. The maximum absolute atomic E-state index is 6.37. The van der Waals surface area contributed by atoms with Gasteiger partial charge in [0.25, 0.3) is 0 Å². The summed E-state index contributed by atoms with van der Waals surface area (Å²) in [6.07, 6.45) is 0. The Morgan fingerprint density at radius 1 is 0.606 bits per heavy atom. The van der Waals surface area contributed by atoms with Gasteiger partial charge in [-0.2, -0.15) is 0 Å². The van der Waals surface area contributed by atoms with Crippen molar-refractivity contribution in [3.63, 3.8) is 0 Å². The topological polar surface area (TPSA) is 39.2 Å². The maximum atomic E-state index is 6.37. The molecule has 0 saturated heterocycles. The summed E-state index contributed by atoms with van der Waals surface area (Å²) in [5, 5.41) is 4.59. The summed E-state index contributed by atoms with van der Waals surface area (Å²) >= 11 is 0. The van der Waals surface area contributed by atoms with E-state index >= 15 is 0 Å². The van der Waals surface area contributed by atoms with Crippen LogP contribution in [0.25, 0.3) is 66.4 Å². The predicted molar refractivity (Wildman–Crippen MR) is 138 cm³/mol. The molecule has 0 spiro atoms. The fourth-order valence-corrected chi connectivity index (χ4v) is 4.87. The summed E-state index contributed by atoms with van der Waals surface area (Å²) < 4.78 is 12.6. The highest BCUT2D eigenvalue weighted by Gasteiger charge is 2.18. The molecule has 0 amide bonds. The maximum Gasteiger partial charge on any atom is 0.227 e. The third kappa shape index (κ3) is 2.74. The van der Waals surface area contributed by atoms with Crippen LogP contribution >= 0.6 is 0 Å². The van der Waals surface area contributed by atoms with E-state index in [1.165, 1.54) is 10.8 Å². The van der Waals surface area contributed by atoms with Crippen LogP contribution in [0, 0.1) is 0 Å². The summed E-state index contributed by atoms with van der Waals surface area (Å²) in [4.78, 5) is 4.86. The summed E-state index contributed by atoms with van der Waals surface area (Å²) in [7, 11) is 2.13. The van der Waals surface area contributed by atoms with Gasteiger partial charge in [-0.25, -0.2) is 4.98 Å². The number of benzene rings is 5. The van der Waals surface area contributed by atoms with Crippen molar-refractivity contribution in [3.05, 3.63) is 97.1 Å². The second-order valence-corrected chi connectivity index (χ2v) is 8.46. The van der Waals surface area contributed by atoms with Crippen molar-refractivity contribution in [2.45, 2.75) is 0 Å². The molecule has 0 bridgehead atoms. The van der Waals surface area contributed by atoms with E-state index in [4.69, 9.17) is 13.8 Å². The molecule has 33 heavy (non-hydrogen) atoms. The zero-order valence-electron chi connectivity index (χ0n) is 18.0. The molecule has 0 N–H and O–H groups in total. The molecular weight excluding hydrogens is 405 g/mol. The summed E-state index contributed by atoms with van der Waals surface area (Å²) in [6, 6.07) is 33.2. The number of furan rings is 1. The van der Waals surface area contributed by atoms with Crippen molar-refractivity contribution in [3.8, 4) is 22.6 Å². The van der Waals surface area contributed by atoms with Gasteiger partial charge in [0.1, 0.15) is 24.5 Å². The van der Waals surface area contributed by atoms with Crippen molar-refractivity contribution in [1.82, 2.24) is 4.98 Å². The van der Waals surface area contributed by atoms with E-state index in [1.54, 1.807) is 0 Å². The van der Waals surface area contributed by atoms with Crippen molar-refractivity contribution >= 4 is 57.1 Å². The zero-order chi connectivity index (χ0) is 21.9. The second kappa shape index (κ2) is 6.85. The molecule has 0 fully saturated rings. The van der Waals surface area contributed by atoms with E-state index in [9.17, 15) is 0 Å². The van der Waals surface area contributed by atoms with Crippen LogP contribution < -0.4 is 5.46 Å². The van der Waals surface area contributed by atoms with E-state index in [0.717, 1.165) is 55.1 Å². The molecule has 7 rings (SSSR count). The van der Waals surface area contributed by atoms with Crippen molar-refractivity contribution in [2.24, 2.45) is 0 Å². The SMILES string of the molecule is Bc1cccc2oc3c(-c4ccccc4-c4nc5cc6ccccc6cc5o4)cccc3c12. The van der Waals surface area contributed by atoms with E-state index in [1.807, 2.05) is 36.4 Å². The van der Waals surface area contributed by atoms with Crippen LogP contribution in [0.4, 0.5) is 0 Å². The predicted octanol–water partition coefficient (Wildman–Crippen LogP) is 6.47. The Kier molecular flexibility index (Phi) is 3.79. The molecule has 0 atom stereocenters. The Morgan fingerprint density at radius 3 is 2.21 bits per heavy atom. The summed E-state index contributed by atoms with van der Waals surface area (Å²) in [5.41, 5.74) is 7.67. The lowest BCUT2D eigenvalue weighted by molar-refractivity contribution is 0.620. The van der Waals surface area contributed by atoms with E-state index in [2.05, 4.69) is 68.5 Å². The van der Waals surface area contributed by atoms with Crippen LogP contribution in [0.15, 0.2) is 106 Å². The number of nitrogens with zero attached hydrogens (tertiary/aromatic N) is 1. The first kappa shape index (κ1) is 18.3. The normalized spacial score (nSPS) is 11.8. The van der Waals surface area contributed by atoms with Crippen LogP contribution in [0.5, 0.6) is 0 Å². The minimum Gasteiger partial charge on any atom is -0.455 e. The molecule has 2 heterocycles. The van der Waals surface area contributed by atoms with Gasteiger partial charge in [-0.15, -0.1) is 0 Å². The molecule has 4 heteroatoms. The molecule has 0 aliphatic heterocycles. The van der Waals surface area contributed by atoms with Crippen LogP contribution in [0.3, 0.4) is 0 Å². The average Bonchev–Trinajstić information content (AvgIpc) is 3.44. The highest BCUT2D eigenvalue weighted by Crippen LogP contribution is 2.39. The van der Waals surface area contributed by atoms with Gasteiger partial charge in [0, 0.05) is 21.9 Å². The number of oxazole rings is 1. The Balaban J connectivity index is 1.48. The number of para-hydroxylation sites is 1. The number of rotatable bonds is 2. The van der Waals surface area contributed by atoms with Gasteiger partial charge >= 0.3 is 0 Å². The standard InChI is InChI=1S/C29H18BNO2/c30-23-13-6-14-25-27(23)22-12-5-11-20(28(22)32-25)19-9-3-4-10-21(19)29-31-24-15-17-7-1-2-8-18(17)16-26(24)33-29/h1-16H,30H2. The van der Waals surface area contributed by atoms with Crippen molar-refractivity contribution in [1.29, 1.82) is 0 Å². The fraction of sp³-hybridized carbons (Fsp3) is 0. The van der Waals surface area contributed by atoms with Crippen LogP contribution in [0.1, 0.15) is 0 Å². The second-order valence-electron chi connectivity index (χ2n) is 8.46. The smallest absolute Gasteiger partial charge is 0.227 e. The lowest BCUT2D eigenvalue weighted by Gasteiger charge is -2.07. The molecule has 5 aromatic carbocycles. The van der Waals surface area contributed by atoms with Gasteiger partial charge in [0.2, 0.25) is 5.89 Å². The Labute approximate surface area is 190 Å². The summed E-state index contributed by atoms with van der Waals surface area (Å²) in [5.74, 6) is 0.611. The van der Waals surface area contributed by atoms with Crippen molar-refractivity contribution in [2.75, 3.05) is 0 Å². The van der Waals surface area contributed by atoms with Gasteiger partial charge < -0.3 is 8.83 Å². The average molecular weight is 423 g/mol. The van der Waals surface area contributed by atoms with E-state index in [0.29, 0.717) is 5.89 Å². The van der Waals surface area contributed by atoms with Gasteiger partial charge in [0.15, 0.2) is 5.58 Å².